The molecule has 3 nitrogen and oxygen atoms in total. The minimum atomic E-state index is 0.460. The van der Waals surface area contributed by atoms with E-state index in [1.807, 2.05) is 19.9 Å². The molecule has 0 aliphatic heterocycles. The molecule has 0 unspecified atom stereocenters. The maximum atomic E-state index is 5.68. The van der Waals surface area contributed by atoms with Gasteiger partial charge in [0.2, 0.25) is 0 Å². The summed E-state index contributed by atoms with van der Waals surface area (Å²) in [5.41, 5.74) is 0.858. The Balaban J connectivity index is 0.000000531. The second-order valence-corrected chi connectivity index (χ2v) is 3.24. The Kier molecular flexibility index (Phi) is 4.59. The maximum Gasteiger partial charge on any atom is 0.139 e. The summed E-state index contributed by atoms with van der Waals surface area (Å²) in [5.74, 6) is 0.689. The van der Waals surface area contributed by atoms with Crippen LogP contribution in [0, 0.1) is 0 Å². The molecule has 5 heteroatoms. The quantitative estimate of drug-likeness (QED) is 0.775. The molecule has 0 aliphatic carbocycles. The number of aromatic nitrogens is 3. The third-order valence-electron chi connectivity index (χ3n) is 1.55. The molecule has 2 aromatic heterocycles. The van der Waals surface area contributed by atoms with Crippen molar-refractivity contribution >= 4 is 23.2 Å². The number of hydrogen-bond donors (Lipinski definition) is 1. The SMILES string of the molecule is CC.Clc1ccc(-c2ncc(Cl)[nH]2)cn1. The lowest BCUT2D eigenvalue weighted by molar-refractivity contribution is 1.26. The zero-order chi connectivity index (χ0) is 11.3. The highest BCUT2D eigenvalue weighted by Gasteiger charge is 2.01. The van der Waals surface area contributed by atoms with Crippen molar-refractivity contribution in [3.8, 4) is 11.4 Å². The molecule has 15 heavy (non-hydrogen) atoms. The van der Waals surface area contributed by atoms with E-state index < -0.39 is 0 Å². The Labute approximate surface area is 98.5 Å². The number of pyridine rings is 1. The number of rotatable bonds is 1. The van der Waals surface area contributed by atoms with Crippen molar-refractivity contribution in [1.82, 2.24) is 15.0 Å². The topological polar surface area (TPSA) is 41.6 Å². The van der Waals surface area contributed by atoms with Crippen molar-refractivity contribution in [2.75, 3.05) is 0 Å². The molecule has 0 saturated heterocycles. The summed E-state index contributed by atoms with van der Waals surface area (Å²) in [6.07, 6.45) is 3.18. The second kappa shape index (κ2) is 5.73. The van der Waals surface area contributed by atoms with Gasteiger partial charge in [0, 0.05) is 11.8 Å². The molecular formula is C10H11Cl2N3. The first-order valence-electron chi connectivity index (χ1n) is 4.58. The fourth-order valence-corrected chi connectivity index (χ4v) is 1.21. The highest BCUT2D eigenvalue weighted by atomic mass is 35.5. The third-order valence-corrected chi connectivity index (χ3v) is 1.96. The highest BCUT2D eigenvalue weighted by Crippen LogP contribution is 2.17. The largest absolute Gasteiger partial charge is 0.329 e. The number of aromatic amines is 1. The van der Waals surface area contributed by atoms with Gasteiger partial charge in [-0.15, -0.1) is 0 Å². The number of halogens is 2. The number of nitrogens with one attached hydrogen (secondary N) is 1. The van der Waals surface area contributed by atoms with E-state index in [0.717, 1.165) is 5.56 Å². The summed E-state index contributed by atoms with van der Waals surface area (Å²) in [5, 5.41) is 0.964. The van der Waals surface area contributed by atoms with E-state index in [1.165, 1.54) is 0 Å². The molecule has 0 bridgehead atoms. The third kappa shape index (κ3) is 3.22. The van der Waals surface area contributed by atoms with Gasteiger partial charge in [0.15, 0.2) is 0 Å². The van der Waals surface area contributed by atoms with Crippen LogP contribution in [0.3, 0.4) is 0 Å². The van der Waals surface area contributed by atoms with Crippen LogP contribution in [0.25, 0.3) is 11.4 Å². The minimum Gasteiger partial charge on any atom is -0.329 e. The number of nitrogens with zero attached hydrogens (tertiary/aromatic N) is 2. The van der Waals surface area contributed by atoms with Crippen LogP contribution in [-0.4, -0.2) is 15.0 Å². The highest BCUT2D eigenvalue weighted by molar-refractivity contribution is 6.29. The zero-order valence-corrected chi connectivity index (χ0v) is 9.97. The Morgan fingerprint density at radius 2 is 1.80 bits per heavy atom. The van der Waals surface area contributed by atoms with Gasteiger partial charge in [-0.05, 0) is 12.1 Å². The zero-order valence-electron chi connectivity index (χ0n) is 8.46. The molecule has 2 heterocycles. The first-order valence-corrected chi connectivity index (χ1v) is 5.34. The van der Waals surface area contributed by atoms with Gasteiger partial charge in [0.25, 0.3) is 0 Å². The van der Waals surface area contributed by atoms with Gasteiger partial charge in [-0.2, -0.15) is 0 Å². The van der Waals surface area contributed by atoms with E-state index in [-0.39, 0.29) is 0 Å². The van der Waals surface area contributed by atoms with Crippen LogP contribution < -0.4 is 0 Å². The average Bonchev–Trinajstić information content (AvgIpc) is 2.69. The van der Waals surface area contributed by atoms with E-state index in [1.54, 1.807) is 18.5 Å². The summed E-state index contributed by atoms with van der Waals surface area (Å²) in [7, 11) is 0. The van der Waals surface area contributed by atoms with Crippen LogP contribution in [0.15, 0.2) is 24.5 Å². The average molecular weight is 244 g/mol. The van der Waals surface area contributed by atoms with Gasteiger partial charge in [-0.25, -0.2) is 9.97 Å². The van der Waals surface area contributed by atoms with Crippen molar-refractivity contribution in [3.63, 3.8) is 0 Å². The predicted molar refractivity (Wildman–Crippen MR) is 63.2 cm³/mol. The Morgan fingerprint density at radius 3 is 2.27 bits per heavy atom. The lowest BCUT2D eigenvalue weighted by Crippen LogP contribution is -1.81. The molecule has 0 spiro atoms. The summed E-state index contributed by atoms with van der Waals surface area (Å²) in [4.78, 5) is 10.9. The molecule has 0 aromatic carbocycles. The van der Waals surface area contributed by atoms with Gasteiger partial charge < -0.3 is 4.98 Å². The summed E-state index contributed by atoms with van der Waals surface area (Å²) >= 11 is 11.3. The standard InChI is InChI=1S/C8H5Cl2N3.C2H6/c9-6-2-1-5(3-11-6)8-12-4-7(10)13-8;1-2/h1-4H,(H,12,13);1-2H3. The van der Waals surface area contributed by atoms with Crippen LogP contribution in [0.2, 0.25) is 10.3 Å². The molecule has 0 saturated carbocycles. The molecule has 0 fully saturated rings. The fourth-order valence-electron chi connectivity index (χ4n) is 0.961. The van der Waals surface area contributed by atoms with E-state index in [0.29, 0.717) is 16.1 Å². The van der Waals surface area contributed by atoms with E-state index >= 15 is 0 Å². The molecule has 2 aromatic rings. The lowest BCUT2D eigenvalue weighted by Gasteiger charge is -1.94. The smallest absolute Gasteiger partial charge is 0.139 e. The van der Waals surface area contributed by atoms with Gasteiger partial charge in [0.05, 0.1) is 6.20 Å². The molecule has 0 amide bonds. The molecule has 0 atom stereocenters. The summed E-state index contributed by atoms with van der Waals surface area (Å²) in [6.45, 7) is 4.00. The molecule has 1 N–H and O–H groups in total. The van der Waals surface area contributed by atoms with Crippen molar-refractivity contribution < 1.29 is 0 Å². The molecule has 2 rings (SSSR count). The lowest BCUT2D eigenvalue weighted by atomic mass is 10.3. The van der Waals surface area contributed by atoms with Gasteiger partial charge in [0.1, 0.15) is 16.1 Å². The van der Waals surface area contributed by atoms with Crippen molar-refractivity contribution in [1.29, 1.82) is 0 Å². The van der Waals surface area contributed by atoms with Gasteiger partial charge in [-0.3, -0.25) is 0 Å². The minimum absolute atomic E-state index is 0.460. The van der Waals surface area contributed by atoms with Gasteiger partial charge >= 0.3 is 0 Å². The van der Waals surface area contributed by atoms with Crippen LogP contribution in [0.1, 0.15) is 13.8 Å². The van der Waals surface area contributed by atoms with Crippen molar-refractivity contribution in [3.05, 3.63) is 34.8 Å². The summed E-state index contributed by atoms with van der Waals surface area (Å²) < 4.78 is 0. The van der Waals surface area contributed by atoms with E-state index in [9.17, 15) is 0 Å². The second-order valence-electron chi connectivity index (χ2n) is 2.45. The Morgan fingerprint density at radius 1 is 1.07 bits per heavy atom. The fraction of sp³-hybridized carbons (Fsp3) is 0.200. The first-order chi connectivity index (χ1) is 7.25. The van der Waals surface area contributed by atoms with Crippen LogP contribution >= 0.6 is 23.2 Å². The normalized spacial score (nSPS) is 9.33. The Hall–Kier alpha value is -1.06. The molecule has 80 valence electrons. The van der Waals surface area contributed by atoms with Crippen molar-refractivity contribution in [2.24, 2.45) is 0 Å². The van der Waals surface area contributed by atoms with E-state index in [2.05, 4.69) is 15.0 Å². The van der Waals surface area contributed by atoms with Crippen LogP contribution in [-0.2, 0) is 0 Å². The maximum absolute atomic E-state index is 5.68. The number of imidazole rings is 1. The Bertz CT molecular complexity index is 409. The van der Waals surface area contributed by atoms with Crippen LogP contribution in [0.4, 0.5) is 0 Å². The van der Waals surface area contributed by atoms with Crippen LogP contribution in [0.5, 0.6) is 0 Å². The molecular weight excluding hydrogens is 233 g/mol. The number of H-pyrrole nitrogens is 1. The summed E-state index contributed by atoms with van der Waals surface area (Å²) in [6, 6.07) is 3.53. The predicted octanol–water partition coefficient (Wildman–Crippen LogP) is 3.80. The monoisotopic (exact) mass is 243 g/mol. The molecule has 0 aliphatic rings. The van der Waals surface area contributed by atoms with E-state index in [4.69, 9.17) is 23.2 Å². The van der Waals surface area contributed by atoms with Gasteiger partial charge in [-0.1, -0.05) is 37.0 Å². The molecule has 0 radical (unpaired) electrons. The number of hydrogen-bond acceptors (Lipinski definition) is 2. The van der Waals surface area contributed by atoms with Crippen molar-refractivity contribution in [2.45, 2.75) is 13.8 Å². The first kappa shape index (κ1) is 12.0.